The van der Waals surface area contributed by atoms with E-state index < -0.39 is 34.4 Å². The maximum atomic E-state index is 11.3. The van der Waals surface area contributed by atoms with E-state index in [9.17, 15) is 18.0 Å². The van der Waals surface area contributed by atoms with Gasteiger partial charge in [0.15, 0.2) is 0 Å². The summed E-state index contributed by atoms with van der Waals surface area (Å²) in [5.41, 5.74) is -0.819. The van der Waals surface area contributed by atoms with Gasteiger partial charge in [-0.2, -0.15) is 13.1 Å². The van der Waals surface area contributed by atoms with Crippen LogP contribution in [0.3, 0.4) is 0 Å². The van der Waals surface area contributed by atoms with E-state index in [1.54, 1.807) is 32.4 Å². The highest BCUT2D eigenvalue weighted by Crippen LogP contribution is 2.06. The van der Waals surface area contributed by atoms with E-state index >= 15 is 0 Å². The minimum Gasteiger partial charge on any atom is -0.465 e. The molecule has 0 aliphatic rings. The monoisotopic (exact) mass is 312 g/mol. The van der Waals surface area contributed by atoms with Crippen molar-refractivity contribution in [3.63, 3.8) is 0 Å². The topological polar surface area (TPSA) is 111 Å². The lowest BCUT2D eigenvalue weighted by Crippen LogP contribution is -2.44. The first-order chi connectivity index (χ1) is 9.06. The summed E-state index contributed by atoms with van der Waals surface area (Å²) in [5.74, 6) is -0.743. The summed E-state index contributed by atoms with van der Waals surface area (Å²) in [6.07, 6.45) is -1.13. The molecule has 9 heteroatoms. The molecule has 0 bridgehead atoms. The van der Waals surface area contributed by atoms with Crippen molar-refractivity contribution in [3.05, 3.63) is 0 Å². The molecule has 0 aromatic rings. The Bertz CT molecular complexity index is 400. The van der Waals surface area contributed by atoms with Gasteiger partial charge in [-0.1, -0.05) is 13.8 Å². The van der Waals surface area contributed by atoms with Crippen molar-refractivity contribution in [2.45, 2.75) is 47.1 Å². The number of carbonyl (C=O) groups is 2. The lowest BCUT2D eigenvalue weighted by Gasteiger charge is -2.19. The van der Waals surface area contributed by atoms with Gasteiger partial charge >= 0.3 is 22.3 Å². The highest BCUT2D eigenvalue weighted by molar-refractivity contribution is 7.88. The van der Waals surface area contributed by atoms with Crippen molar-refractivity contribution in [2.24, 2.45) is 0 Å². The van der Waals surface area contributed by atoms with Gasteiger partial charge in [0.05, 0.1) is 6.61 Å². The largest absolute Gasteiger partial charge is 0.465 e. The van der Waals surface area contributed by atoms with Crippen LogP contribution in [0.4, 0.5) is 4.79 Å². The van der Waals surface area contributed by atoms with E-state index in [1.807, 2.05) is 18.6 Å². The van der Waals surface area contributed by atoms with Gasteiger partial charge in [-0.05, 0) is 27.7 Å². The highest BCUT2D eigenvalue weighted by atomic mass is 32.2. The molecular weight excluding hydrogens is 288 g/mol. The van der Waals surface area contributed by atoms with Crippen molar-refractivity contribution < 1.29 is 27.5 Å². The van der Waals surface area contributed by atoms with Crippen LogP contribution in [0.15, 0.2) is 0 Å². The number of esters is 1. The number of ether oxygens (including phenoxy) is 2. The summed E-state index contributed by atoms with van der Waals surface area (Å²) < 4.78 is 35.3. The van der Waals surface area contributed by atoms with Crippen molar-refractivity contribution in [1.29, 1.82) is 0 Å². The molecule has 0 spiro atoms. The second kappa shape index (κ2) is 9.54. The van der Waals surface area contributed by atoms with E-state index in [-0.39, 0.29) is 6.61 Å². The number of hydrogen-bond donors (Lipinski definition) is 2. The van der Waals surface area contributed by atoms with Gasteiger partial charge in [0.25, 0.3) is 0 Å². The minimum absolute atomic E-state index is 0.139. The Morgan fingerprint density at radius 3 is 2.05 bits per heavy atom. The lowest BCUT2D eigenvalue weighted by atomic mass is 10.2. The molecule has 0 saturated carbocycles. The van der Waals surface area contributed by atoms with E-state index in [0.717, 1.165) is 0 Å². The SMILES string of the molecule is CC.CCOC(=O)CNS(=O)(=O)NC(=O)OC(C)(C)C. The first kappa shape index (κ1) is 21.0. The summed E-state index contributed by atoms with van der Waals surface area (Å²) in [4.78, 5) is 22.1. The third-order valence-electron chi connectivity index (χ3n) is 1.33. The second-order valence-electron chi connectivity index (χ2n) is 4.23. The normalized spacial score (nSPS) is 10.9. The highest BCUT2D eigenvalue weighted by Gasteiger charge is 2.21. The molecule has 0 aromatic heterocycles. The van der Waals surface area contributed by atoms with Crippen LogP contribution in [0.5, 0.6) is 0 Å². The molecule has 0 aliphatic carbocycles. The van der Waals surface area contributed by atoms with Gasteiger partial charge in [-0.25, -0.2) is 9.52 Å². The zero-order chi connectivity index (χ0) is 16.4. The molecule has 0 unspecified atom stereocenters. The molecule has 0 saturated heterocycles. The molecule has 120 valence electrons. The molecule has 1 amide bonds. The molecule has 2 N–H and O–H groups in total. The van der Waals surface area contributed by atoms with Crippen LogP contribution in [0.1, 0.15) is 41.5 Å². The summed E-state index contributed by atoms with van der Waals surface area (Å²) >= 11 is 0. The number of amides is 1. The van der Waals surface area contributed by atoms with Gasteiger partial charge < -0.3 is 9.47 Å². The molecular formula is C11H24N2O6S. The summed E-state index contributed by atoms with van der Waals surface area (Å²) in [7, 11) is -4.14. The summed E-state index contributed by atoms with van der Waals surface area (Å²) in [5, 5.41) is 0. The number of rotatable bonds is 5. The third kappa shape index (κ3) is 13.1. The van der Waals surface area contributed by atoms with Crippen molar-refractivity contribution in [1.82, 2.24) is 9.44 Å². The molecule has 0 rings (SSSR count). The van der Waals surface area contributed by atoms with Gasteiger partial charge in [-0.3, -0.25) is 4.79 Å². The minimum atomic E-state index is -4.14. The van der Waals surface area contributed by atoms with Crippen LogP contribution >= 0.6 is 0 Å². The molecule has 0 heterocycles. The Balaban J connectivity index is 0. The fourth-order valence-corrected chi connectivity index (χ4v) is 1.45. The predicted molar refractivity (Wildman–Crippen MR) is 74.3 cm³/mol. The maximum absolute atomic E-state index is 11.3. The first-order valence-corrected chi connectivity index (χ1v) is 7.70. The molecule has 0 aromatic carbocycles. The summed E-state index contributed by atoms with van der Waals surface area (Å²) in [6, 6.07) is 0. The van der Waals surface area contributed by atoms with Gasteiger partial charge in [0.2, 0.25) is 0 Å². The molecule has 20 heavy (non-hydrogen) atoms. The quantitative estimate of drug-likeness (QED) is 0.731. The Kier molecular flexibility index (Phi) is 9.99. The Labute approximate surface area is 120 Å². The first-order valence-electron chi connectivity index (χ1n) is 6.22. The molecule has 0 radical (unpaired) electrons. The Morgan fingerprint density at radius 2 is 1.65 bits per heavy atom. The Hall–Kier alpha value is -1.35. The maximum Gasteiger partial charge on any atom is 0.422 e. The molecule has 8 nitrogen and oxygen atoms in total. The fourth-order valence-electron chi connectivity index (χ4n) is 0.811. The predicted octanol–water partition coefficient (Wildman–Crippen LogP) is 0.935. The number of carbonyl (C=O) groups excluding carboxylic acids is 2. The van der Waals surface area contributed by atoms with Crippen LogP contribution in [0.2, 0.25) is 0 Å². The van der Waals surface area contributed by atoms with Crippen LogP contribution in [-0.2, 0) is 24.5 Å². The van der Waals surface area contributed by atoms with Crippen molar-refractivity contribution in [2.75, 3.05) is 13.2 Å². The van der Waals surface area contributed by atoms with E-state index in [0.29, 0.717) is 0 Å². The van der Waals surface area contributed by atoms with Gasteiger partial charge in [0.1, 0.15) is 12.1 Å². The van der Waals surface area contributed by atoms with Crippen LogP contribution < -0.4 is 9.44 Å². The summed E-state index contributed by atoms with van der Waals surface area (Å²) in [6.45, 7) is 9.93. The standard InChI is InChI=1S/C9H18N2O6S.C2H6/c1-5-16-7(12)6-10-18(14,15)11-8(13)17-9(2,3)4;1-2/h10H,5-6H2,1-4H3,(H,11,13);1-2H3. The average Bonchev–Trinajstić information content (AvgIpc) is 2.26. The van der Waals surface area contributed by atoms with Gasteiger partial charge in [0, 0.05) is 0 Å². The zero-order valence-corrected chi connectivity index (χ0v) is 13.6. The molecule has 0 atom stereocenters. The fraction of sp³-hybridized carbons (Fsp3) is 0.818. The van der Waals surface area contributed by atoms with Crippen LogP contribution in [0, 0.1) is 0 Å². The second-order valence-corrected chi connectivity index (χ2v) is 5.73. The smallest absolute Gasteiger partial charge is 0.422 e. The lowest BCUT2D eigenvalue weighted by molar-refractivity contribution is -0.141. The average molecular weight is 312 g/mol. The number of nitrogens with one attached hydrogen (secondary N) is 2. The van der Waals surface area contributed by atoms with Crippen molar-refractivity contribution in [3.8, 4) is 0 Å². The van der Waals surface area contributed by atoms with E-state index in [2.05, 4.69) is 4.74 Å². The van der Waals surface area contributed by atoms with E-state index in [4.69, 9.17) is 4.74 Å². The van der Waals surface area contributed by atoms with Gasteiger partial charge in [-0.15, -0.1) is 0 Å². The molecule has 0 fully saturated rings. The van der Waals surface area contributed by atoms with Crippen LogP contribution in [0.25, 0.3) is 0 Å². The zero-order valence-electron chi connectivity index (χ0n) is 12.8. The van der Waals surface area contributed by atoms with Crippen LogP contribution in [-0.4, -0.2) is 39.2 Å². The third-order valence-corrected chi connectivity index (χ3v) is 2.29. The Morgan fingerprint density at radius 1 is 1.15 bits per heavy atom. The molecule has 0 aliphatic heterocycles. The van der Waals surface area contributed by atoms with Crippen molar-refractivity contribution >= 4 is 22.3 Å². The van der Waals surface area contributed by atoms with E-state index in [1.165, 1.54) is 0 Å². The number of hydrogen-bond acceptors (Lipinski definition) is 6.